The van der Waals surface area contributed by atoms with Crippen molar-refractivity contribution in [2.75, 3.05) is 20.8 Å². The molecule has 1 aliphatic heterocycles. The van der Waals surface area contributed by atoms with Gasteiger partial charge in [-0.15, -0.1) is 0 Å². The SMILES string of the molecule is CN(C)CN1C(=O)c2ccccc2C1=O. The quantitative estimate of drug-likeness (QED) is 0.669. The number of carbonyl (C=O) groups excluding carboxylic acids is 2. The number of hydrogen-bond donors (Lipinski definition) is 0. The minimum absolute atomic E-state index is 0.204. The Hall–Kier alpha value is -1.68. The molecule has 0 saturated heterocycles. The highest BCUT2D eigenvalue weighted by Crippen LogP contribution is 2.21. The highest BCUT2D eigenvalue weighted by Gasteiger charge is 2.34. The minimum Gasteiger partial charge on any atom is -0.292 e. The summed E-state index contributed by atoms with van der Waals surface area (Å²) in [6, 6.07) is 6.91. The van der Waals surface area contributed by atoms with Crippen molar-refractivity contribution in [3.63, 3.8) is 0 Å². The fraction of sp³-hybridized carbons (Fsp3) is 0.273. The van der Waals surface area contributed by atoms with E-state index in [1.165, 1.54) is 4.90 Å². The van der Waals surface area contributed by atoms with Crippen molar-refractivity contribution in [1.82, 2.24) is 9.80 Å². The van der Waals surface area contributed by atoms with Crippen molar-refractivity contribution in [1.29, 1.82) is 0 Å². The third-order valence-corrected chi connectivity index (χ3v) is 2.30. The van der Waals surface area contributed by atoms with E-state index in [4.69, 9.17) is 0 Å². The lowest BCUT2D eigenvalue weighted by Crippen LogP contribution is -2.37. The van der Waals surface area contributed by atoms with Crippen LogP contribution in [-0.2, 0) is 0 Å². The van der Waals surface area contributed by atoms with E-state index in [1.807, 2.05) is 14.1 Å². The van der Waals surface area contributed by atoms with E-state index >= 15 is 0 Å². The fourth-order valence-electron chi connectivity index (χ4n) is 1.65. The van der Waals surface area contributed by atoms with Crippen molar-refractivity contribution in [2.45, 2.75) is 0 Å². The van der Waals surface area contributed by atoms with Crippen LogP contribution in [0.15, 0.2) is 24.3 Å². The van der Waals surface area contributed by atoms with Crippen molar-refractivity contribution in [3.05, 3.63) is 35.4 Å². The Balaban J connectivity index is 2.37. The molecule has 0 N–H and O–H groups in total. The number of imide groups is 1. The molecular formula is C11H12N2O2. The van der Waals surface area contributed by atoms with Crippen LogP contribution in [0.2, 0.25) is 0 Å². The summed E-state index contributed by atoms with van der Waals surface area (Å²) in [5.41, 5.74) is 1.01. The van der Waals surface area contributed by atoms with Crippen LogP contribution in [0.3, 0.4) is 0 Å². The molecule has 1 heterocycles. The maximum Gasteiger partial charge on any atom is 0.262 e. The molecule has 0 bridgehead atoms. The van der Waals surface area contributed by atoms with Gasteiger partial charge in [0.2, 0.25) is 0 Å². The molecule has 0 aromatic heterocycles. The second kappa shape index (κ2) is 3.47. The number of hydrogen-bond acceptors (Lipinski definition) is 3. The lowest BCUT2D eigenvalue weighted by atomic mass is 10.1. The Kier molecular flexibility index (Phi) is 2.28. The van der Waals surface area contributed by atoms with E-state index < -0.39 is 0 Å². The Morgan fingerprint density at radius 3 is 1.93 bits per heavy atom. The van der Waals surface area contributed by atoms with Gasteiger partial charge in [0, 0.05) is 0 Å². The molecule has 0 radical (unpaired) electrons. The van der Waals surface area contributed by atoms with Crippen molar-refractivity contribution >= 4 is 11.8 Å². The van der Waals surface area contributed by atoms with Gasteiger partial charge in [0.25, 0.3) is 11.8 Å². The number of rotatable bonds is 2. The molecule has 0 aliphatic carbocycles. The van der Waals surface area contributed by atoms with E-state index in [9.17, 15) is 9.59 Å². The van der Waals surface area contributed by atoms with Gasteiger partial charge in [0.05, 0.1) is 17.8 Å². The highest BCUT2D eigenvalue weighted by molar-refractivity contribution is 6.21. The molecule has 0 spiro atoms. The number of fused-ring (bicyclic) bond motifs is 1. The first kappa shape index (κ1) is 9.86. The molecule has 1 aromatic carbocycles. The molecule has 0 unspecified atom stereocenters. The van der Waals surface area contributed by atoms with E-state index in [0.29, 0.717) is 17.8 Å². The average molecular weight is 204 g/mol. The Labute approximate surface area is 88.1 Å². The first-order valence-electron chi connectivity index (χ1n) is 4.71. The van der Waals surface area contributed by atoms with Gasteiger partial charge in [-0.1, -0.05) is 12.1 Å². The number of carbonyl (C=O) groups is 2. The van der Waals surface area contributed by atoms with E-state index in [0.717, 1.165) is 0 Å². The zero-order valence-electron chi connectivity index (χ0n) is 8.73. The van der Waals surface area contributed by atoms with E-state index in [1.54, 1.807) is 29.2 Å². The molecule has 15 heavy (non-hydrogen) atoms. The van der Waals surface area contributed by atoms with Crippen molar-refractivity contribution < 1.29 is 9.59 Å². The summed E-state index contributed by atoms with van der Waals surface area (Å²) in [5.74, 6) is -0.409. The molecule has 4 heteroatoms. The predicted octanol–water partition coefficient (Wildman–Crippen LogP) is 0.802. The van der Waals surface area contributed by atoms with Gasteiger partial charge in [0.1, 0.15) is 0 Å². The molecule has 0 fully saturated rings. The molecule has 4 nitrogen and oxygen atoms in total. The maximum absolute atomic E-state index is 11.8. The number of amides is 2. The van der Waals surface area contributed by atoms with Gasteiger partial charge >= 0.3 is 0 Å². The summed E-state index contributed by atoms with van der Waals surface area (Å²) >= 11 is 0. The standard InChI is InChI=1S/C11H12N2O2/c1-12(2)7-13-10(14)8-5-3-4-6-9(8)11(13)15/h3-6H,7H2,1-2H3. The second-order valence-corrected chi connectivity index (χ2v) is 3.81. The molecule has 1 aromatic rings. The summed E-state index contributed by atoms with van der Waals surface area (Å²) in [6.07, 6.45) is 0. The van der Waals surface area contributed by atoms with Crippen LogP contribution in [0.4, 0.5) is 0 Å². The molecule has 0 atom stereocenters. The average Bonchev–Trinajstić information content (AvgIpc) is 2.44. The zero-order chi connectivity index (χ0) is 11.0. The topological polar surface area (TPSA) is 40.6 Å². The lowest BCUT2D eigenvalue weighted by Gasteiger charge is -2.18. The van der Waals surface area contributed by atoms with Gasteiger partial charge in [-0.2, -0.15) is 0 Å². The van der Waals surface area contributed by atoms with Gasteiger partial charge in [-0.3, -0.25) is 19.4 Å². The lowest BCUT2D eigenvalue weighted by molar-refractivity contribution is 0.0584. The maximum atomic E-state index is 11.8. The molecule has 78 valence electrons. The number of nitrogens with zero attached hydrogens (tertiary/aromatic N) is 2. The summed E-state index contributed by atoms with van der Waals surface area (Å²) in [4.78, 5) is 26.7. The van der Waals surface area contributed by atoms with E-state index in [-0.39, 0.29) is 11.8 Å². The first-order chi connectivity index (χ1) is 7.11. The molecule has 2 rings (SSSR count). The molecule has 0 saturated carbocycles. The normalized spacial score (nSPS) is 15.0. The fourth-order valence-corrected chi connectivity index (χ4v) is 1.65. The van der Waals surface area contributed by atoms with Crippen LogP contribution in [0.25, 0.3) is 0 Å². The highest BCUT2D eigenvalue weighted by atomic mass is 16.2. The Morgan fingerprint density at radius 1 is 1.07 bits per heavy atom. The third-order valence-electron chi connectivity index (χ3n) is 2.30. The minimum atomic E-state index is -0.204. The largest absolute Gasteiger partial charge is 0.292 e. The predicted molar refractivity (Wildman–Crippen MR) is 55.5 cm³/mol. The van der Waals surface area contributed by atoms with Gasteiger partial charge < -0.3 is 0 Å². The van der Waals surface area contributed by atoms with Crippen molar-refractivity contribution in [3.8, 4) is 0 Å². The van der Waals surface area contributed by atoms with Crippen LogP contribution in [0.5, 0.6) is 0 Å². The van der Waals surface area contributed by atoms with Crippen molar-refractivity contribution in [2.24, 2.45) is 0 Å². The van der Waals surface area contributed by atoms with Crippen LogP contribution in [0.1, 0.15) is 20.7 Å². The van der Waals surface area contributed by atoms with E-state index in [2.05, 4.69) is 0 Å². The molecular weight excluding hydrogens is 192 g/mol. The monoisotopic (exact) mass is 204 g/mol. The molecule has 1 aliphatic rings. The first-order valence-corrected chi connectivity index (χ1v) is 4.71. The summed E-state index contributed by atoms with van der Waals surface area (Å²) < 4.78 is 0. The summed E-state index contributed by atoms with van der Waals surface area (Å²) in [6.45, 7) is 0.326. The smallest absolute Gasteiger partial charge is 0.262 e. The third kappa shape index (κ3) is 1.53. The van der Waals surface area contributed by atoms with Crippen LogP contribution in [0, 0.1) is 0 Å². The second-order valence-electron chi connectivity index (χ2n) is 3.81. The van der Waals surface area contributed by atoms with Gasteiger partial charge in [-0.05, 0) is 26.2 Å². The van der Waals surface area contributed by atoms with Gasteiger partial charge in [-0.25, -0.2) is 0 Å². The van der Waals surface area contributed by atoms with Crippen LogP contribution >= 0.6 is 0 Å². The Morgan fingerprint density at radius 2 is 1.53 bits per heavy atom. The van der Waals surface area contributed by atoms with Gasteiger partial charge in [0.15, 0.2) is 0 Å². The molecule has 2 amide bonds. The van der Waals surface area contributed by atoms with Crippen LogP contribution in [-0.4, -0.2) is 42.4 Å². The summed E-state index contributed by atoms with van der Waals surface area (Å²) in [5, 5.41) is 0. The van der Waals surface area contributed by atoms with Crippen LogP contribution < -0.4 is 0 Å². The Bertz CT molecular complexity index is 391. The number of benzene rings is 1. The summed E-state index contributed by atoms with van der Waals surface area (Å²) in [7, 11) is 3.65. The zero-order valence-corrected chi connectivity index (χ0v) is 8.73.